The van der Waals surface area contributed by atoms with Crippen LogP contribution in [0.5, 0.6) is 0 Å². The first-order chi connectivity index (χ1) is 27.9. The lowest BCUT2D eigenvalue weighted by molar-refractivity contribution is -0.143. The van der Waals surface area contributed by atoms with E-state index in [0.29, 0.717) is 62.2 Å². The zero-order valence-electron chi connectivity index (χ0n) is 33.1. The number of ether oxygens (including phenoxy) is 4. The number of aryl methyl sites for hydroxylation is 1. The Morgan fingerprint density at radius 2 is 1.64 bits per heavy atom. The van der Waals surface area contributed by atoms with Gasteiger partial charge in [0.05, 0.1) is 45.7 Å². The fourth-order valence-corrected chi connectivity index (χ4v) is 7.08. The van der Waals surface area contributed by atoms with Crippen LogP contribution in [0.4, 0.5) is 14.9 Å². The number of aliphatic hydroxyl groups is 1. The summed E-state index contributed by atoms with van der Waals surface area (Å²) < 4.78 is 35.7. The normalized spacial score (nSPS) is 18.3. The standard InChI is InChI=1S/C41H54FN5O11/c1-27(23-44-37(51)13-12-36(50)43-16-17-55-18-19-56-20-21-57-26-35(49)30-4-3-5-30)46(24-29-6-8-32(42)9-7-29)38(52)25-47-39(53)41(58-40(47)54)15-14-31-22-33(45-28(2)48)10-11-34(31)41/h6-11,22,27,30,35,49H,3-5,12-21,23-26H2,1-2H3,(H,43,50)(H,44,51)(H,45,48)/t27-,35?,41+/m0/s1. The molecule has 2 aromatic rings. The lowest BCUT2D eigenvalue weighted by Gasteiger charge is -2.31. The summed E-state index contributed by atoms with van der Waals surface area (Å²) in [7, 11) is 0. The van der Waals surface area contributed by atoms with Crippen LogP contribution in [0, 0.1) is 11.7 Å². The molecule has 4 N–H and O–H groups in total. The van der Waals surface area contributed by atoms with Gasteiger partial charge in [-0.25, -0.2) is 14.1 Å². The molecule has 1 heterocycles. The second-order valence-electron chi connectivity index (χ2n) is 14.8. The Morgan fingerprint density at radius 1 is 0.966 bits per heavy atom. The van der Waals surface area contributed by atoms with Gasteiger partial charge in [0, 0.05) is 63.1 Å². The minimum atomic E-state index is -1.59. The first-order valence-corrected chi connectivity index (χ1v) is 19.8. The fraction of sp³-hybridized carbons (Fsp3) is 0.561. The van der Waals surface area contributed by atoms with Gasteiger partial charge < -0.3 is 44.9 Å². The predicted octanol–water partition coefficient (Wildman–Crippen LogP) is 2.55. The molecule has 3 atom stereocenters. The summed E-state index contributed by atoms with van der Waals surface area (Å²) in [6.45, 7) is 4.71. The maximum Gasteiger partial charge on any atom is 0.418 e. The third kappa shape index (κ3) is 12.0. The van der Waals surface area contributed by atoms with Crippen LogP contribution in [-0.4, -0.2) is 122 Å². The Hall–Kier alpha value is -4.97. The highest BCUT2D eigenvalue weighted by molar-refractivity contribution is 6.06. The molecule has 1 unspecified atom stereocenters. The Kier molecular flexibility index (Phi) is 16.1. The van der Waals surface area contributed by atoms with E-state index in [4.69, 9.17) is 18.9 Å². The molecule has 1 aliphatic heterocycles. The summed E-state index contributed by atoms with van der Waals surface area (Å²) in [5.74, 6) is -2.41. The van der Waals surface area contributed by atoms with Gasteiger partial charge in [0.25, 0.3) is 5.91 Å². The lowest BCUT2D eigenvalue weighted by atomic mass is 9.81. The van der Waals surface area contributed by atoms with Crippen molar-refractivity contribution in [1.82, 2.24) is 20.4 Å². The highest BCUT2D eigenvalue weighted by atomic mass is 19.1. The van der Waals surface area contributed by atoms with Gasteiger partial charge in [0.15, 0.2) is 0 Å². The molecule has 3 aliphatic rings. The van der Waals surface area contributed by atoms with Gasteiger partial charge in [0.2, 0.25) is 29.2 Å². The van der Waals surface area contributed by atoms with Crippen LogP contribution < -0.4 is 16.0 Å². The van der Waals surface area contributed by atoms with Crippen molar-refractivity contribution in [2.24, 2.45) is 5.92 Å². The van der Waals surface area contributed by atoms with Crippen LogP contribution >= 0.6 is 0 Å². The van der Waals surface area contributed by atoms with Crippen LogP contribution in [0.15, 0.2) is 42.5 Å². The number of benzene rings is 2. The van der Waals surface area contributed by atoms with E-state index < -0.39 is 53.9 Å². The summed E-state index contributed by atoms with van der Waals surface area (Å²) in [5.41, 5.74) is 0.761. The summed E-state index contributed by atoms with van der Waals surface area (Å²) in [4.78, 5) is 79.6. The second kappa shape index (κ2) is 21.2. The first-order valence-electron chi connectivity index (χ1n) is 19.8. The van der Waals surface area contributed by atoms with Crippen molar-refractivity contribution in [3.63, 3.8) is 0 Å². The maximum absolute atomic E-state index is 13.9. The number of amides is 6. The summed E-state index contributed by atoms with van der Waals surface area (Å²) in [6, 6.07) is 9.86. The first kappa shape index (κ1) is 44.1. The van der Waals surface area contributed by atoms with E-state index >= 15 is 0 Å². The van der Waals surface area contributed by atoms with Crippen molar-refractivity contribution in [2.75, 3.05) is 64.6 Å². The monoisotopic (exact) mass is 811 g/mol. The minimum absolute atomic E-state index is 0.00974. The third-order valence-electron chi connectivity index (χ3n) is 10.6. The van der Waals surface area contributed by atoms with Gasteiger partial charge in [-0.1, -0.05) is 24.6 Å². The van der Waals surface area contributed by atoms with Crippen LogP contribution in [0.3, 0.4) is 0 Å². The molecule has 16 nitrogen and oxygen atoms in total. The number of hydrogen-bond acceptors (Lipinski definition) is 11. The number of fused-ring (bicyclic) bond motifs is 2. The molecule has 0 aromatic heterocycles. The van der Waals surface area contributed by atoms with E-state index in [-0.39, 0.29) is 57.3 Å². The quantitative estimate of drug-likeness (QED) is 0.120. The van der Waals surface area contributed by atoms with Gasteiger partial charge in [-0.15, -0.1) is 0 Å². The molecule has 2 aliphatic carbocycles. The van der Waals surface area contributed by atoms with Gasteiger partial charge in [-0.2, -0.15) is 0 Å². The summed E-state index contributed by atoms with van der Waals surface area (Å²) >= 11 is 0. The highest BCUT2D eigenvalue weighted by Gasteiger charge is 2.58. The Morgan fingerprint density at radius 3 is 2.31 bits per heavy atom. The van der Waals surface area contributed by atoms with Gasteiger partial charge in [-0.3, -0.25) is 24.0 Å². The number of anilines is 1. The molecule has 6 amide bonds. The summed E-state index contributed by atoms with van der Waals surface area (Å²) in [6.07, 6.45) is 2.30. The third-order valence-corrected chi connectivity index (χ3v) is 10.6. The molecule has 17 heteroatoms. The van der Waals surface area contributed by atoms with Gasteiger partial charge >= 0.3 is 6.09 Å². The smallest absolute Gasteiger partial charge is 0.418 e. The topological polar surface area (TPSA) is 202 Å². The Balaban J connectivity index is 1.03. The van der Waals surface area contributed by atoms with Crippen molar-refractivity contribution in [3.05, 3.63) is 65.0 Å². The van der Waals surface area contributed by atoms with E-state index in [1.54, 1.807) is 25.1 Å². The maximum atomic E-state index is 13.9. The van der Waals surface area contributed by atoms with E-state index in [9.17, 15) is 38.3 Å². The number of carbonyl (C=O) groups excluding carboxylic acids is 6. The van der Waals surface area contributed by atoms with Crippen LogP contribution in [-0.2, 0) is 61.5 Å². The molecule has 316 valence electrons. The molecule has 2 aromatic carbocycles. The second-order valence-corrected chi connectivity index (χ2v) is 14.8. The average Bonchev–Trinajstić information content (AvgIpc) is 3.64. The number of nitrogens with one attached hydrogen (secondary N) is 3. The number of nitrogens with zero attached hydrogens (tertiary/aromatic N) is 2. The van der Waals surface area contributed by atoms with Crippen molar-refractivity contribution in [3.8, 4) is 0 Å². The van der Waals surface area contributed by atoms with Gasteiger partial charge in [0.1, 0.15) is 12.4 Å². The number of hydrogen-bond donors (Lipinski definition) is 4. The number of carbonyl (C=O) groups is 6. The van der Waals surface area contributed by atoms with Crippen molar-refractivity contribution in [1.29, 1.82) is 0 Å². The molecule has 0 radical (unpaired) electrons. The fourth-order valence-electron chi connectivity index (χ4n) is 7.08. The number of aliphatic hydroxyl groups excluding tert-OH is 1. The molecule has 1 saturated carbocycles. The van der Waals surface area contributed by atoms with Crippen molar-refractivity contribution >= 4 is 41.3 Å². The lowest BCUT2D eigenvalue weighted by Crippen LogP contribution is -2.50. The molecular formula is C41H54FN5O11. The highest BCUT2D eigenvalue weighted by Crippen LogP contribution is 2.46. The molecule has 58 heavy (non-hydrogen) atoms. The summed E-state index contributed by atoms with van der Waals surface area (Å²) in [5, 5.41) is 18.1. The zero-order chi connectivity index (χ0) is 41.7. The molecular weight excluding hydrogens is 757 g/mol. The SMILES string of the molecule is CC(=O)Nc1ccc2c(c1)CC[C@@]21OC(=O)N(CC(=O)N(Cc2ccc(F)cc2)[C@@H](C)CNC(=O)CCC(=O)NCCOCCOCCOCC(O)C2CCC2)C1=O. The zero-order valence-corrected chi connectivity index (χ0v) is 33.1. The van der Waals surface area contributed by atoms with E-state index in [0.717, 1.165) is 23.3 Å². The van der Waals surface area contributed by atoms with E-state index in [2.05, 4.69) is 16.0 Å². The van der Waals surface area contributed by atoms with E-state index in [1.807, 2.05) is 0 Å². The van der Waals surface area contributed by atoms with Crippen LogP contribution in [0.25, 0.3) is 0 Å². The molecule has 1 saturated heterocycles. The predicted molar refractivity (Wildman–Crippen MR) is 206 cm³/mol. The van der Waals surface area contributed by atoms with Crippen LogP contribution in [0.1, 0.15) is 69.1 Å². The number of halogens is 1. The molecule has 0 bridgehead atoms. The van der Waals surface area contributed by atoms with Crippen molar-refractivity contribution < 1.29 is 57.2 Å². The molecule has 1 spiro atoms. The van der Waals surface area contributed by atoms with Crippen molar-refractivity contribution in [2.45, 2.75) is 83.1 Å². The van der Waals surface area contributed by atoms with Gasteiger partial charge in [-0.05, 0) is 67.5 Å². The van der Waals surface area contributed by atoms with E-state index in [1.165, 1.54) is 42.5 Å². The largest absolute Gasteiger partial charge is 0.427 e. The Labute approximate surface area is 337 Å². The average molecular weight is 812 g/mol. The Bertz CT molecular complexity index is 1770. The molecule has 5 rings (SSSR count). The molecule has 2 fully saturated rings. The minimum Gasteiger partial charge on any atom is -0.427 e. The number of rotatable bonds is 23. The number of imide groups is 1. The van der Waals surface area contributed by atoms with Crippen LogP contribution in [0.2, 0.25) is 0 Å².